The molecule has 2 heterocycles. The van der Waals surface area contributed by atoms with Crippen molar-refractivity contribution < 1.29 is 19.4 Å². The quantitative estimate of drug-likeness (QED) is 0.410. The average molecular weight is 476 g/mol. The number of Topliss-reactive ketones (excluding diaryl/α,β-unsaturated/α-hetero) is 1. The summed E-state index contributed by atoms with van der Waals surface area (Å²) in [7, 11) is 0. The van der Waals surface area contributed by atoms with Gasteiger partial charge in [-0.3, -0.25) is 9.59 Å². The van der Waals surface area contributed by atoms with Gasteiger partial charge in [-0.15, -0.1) is 17.9 Å². The summed E-state index contributed by atoms with van der Waals surface area (Å²) in [4.78, 5) is 30.6. The maximum atomic E-state index is 13.2. The zero-order valence-corrected chi connectivity index (χ0v) is 21.7. The Balaban J connectivity index is 2.24. The first-order valence-electron chi connectivity index (χ1n) is 12.2. The molecule has 1 aliphatic rings. The summed E-state index contributed by atoms with van der Waals surface area (Å²) in [6, 6.07) is 0. The third-order valence-corrected chi connectivity index (χ3v) is 7.71. The maximum Gasteiger partial charge on any atom is 0.309 e. The molecule has 6 heteroatoms. The summed E-state index contributed by atoms with van der Waals surface area (Å²) < 4.78 is 5.84. The second-order valence-corrected chi connectivity index (χ2v) is 11.0. The Morgan fingerprint density at radius 1 is 1.24 bits per heavy atom. The number of aryl methyl sites for hydroxylation is 1. The summed E-state index contributed by atoms with van der Waals surface area (Å²) in [5.41, 5.74) is 0.619. The van der Waals surface area contributed by atoms with Crippen LogP contribution < -0.4 is 0 Å². The van der Waals surface area contributed by atoms with Gasteiger partial charge in [0.25, 0.3) is 0 Å². The standard InChI is InChI=1S/C27H41NO4S/c1-7-27(6)24(29)16-25(30)32-23(19(3)15-22-17-33-21(5)28-22)13-11-9-8-10-12-18(2)14-20(4)26(27)31/h7,15,17-18,20,23-24,29H,1,8-14,16H2,2-6H3/b19-15+/t18-,20+,23-,24-,27-/m0/s1. The Bertz CT molecular complexity index is 845. The molecular weight excluding hydrogens is 434 g/mol. The second kappa shape index (κ2) is 12.6. The topological polar surface area (TPSA) is 76.5 Å². The van der Waals surface area contributed by atoms with Gasteiger partial charge in [-0.25, -0.2) is 4.98 Å². The van der Waals surface area contributed by atoms with Crippen molar-refractivity contribution in [3.8, 4) is 0 Å². The van der Waals surface area contributed by atoms with Crippen molar-refractivity contribution in [3.05, 3.63) is 34.3 Å². The van der Waals surface area contributed by atoms with Crippen LogP contribution in [0.4, 0.5) is 0 Å². The molecule has 0 bridgehead atoms. The van der Waals surface area contributed by atoms with Gasteiger partial charge >= 0.3 is 5.97 Å². The molecule has 1 N–H and O–H groups in total. The van der Waals surface area contributed by atoms with Crippen molar-refractivity contribution in [2.24, 2.45) is 17.3 Å². The first-order chi connectivity index (χ1) is 15.6. The van der Waals surface area contributed by atoms with E-state index in [0.717, 1.165) is 61.2 Å². The minimum Gasteiger partial charge on any atom is -0.458 e. The van der Waals surface area contributed by atoms with Crippen molar-refractivity contribution in [3.63, 3.8) is 0 Å². The molecule has 0 spiro atoms. The smallest absolute Gasteiger partial charge is 0.309 e. The lowest BCUT2D eigenvalue weighted by atomic mass is 9.72. The molecule has 0 aromatic carbocycles. The predicted octanol–water partition coefficient (Wildman–Crippen LogP) is 6.30. The zero-order valence-electron chi connectivity index (χ0n) is 20.9. The lowest BCUT2D eigenvalue weighted by Gasteiger charge is -2.33. The molecule has 33 heavy (non-hydrogen) atoms. The highest BCUT2D eigenvalue weighted by atomic mass is 32.1. The Morgan fingerprint density at radius 2 is 1.91 bits per heavy atom. The first kappa shape index (κ1) is 27.5. The largest absolute Gasteiger partial charge is 0.458 e. The summed E-state index contributed by atoms with van der Waals surface area (Å²) in [6.45, 7) is 13.5. The summed E-state index contributed by atoms with van der Waals surface area (Å²) in [5.74, 6) is -0.333. The van der Waals surface area contributed by atoms with Gasteiger partial charge in [0.1, 0.15) is 11.9 Å². The third-order valence-electron chi connectivity index (χ3n) is 6.92. The first-order valence-corrected chi connectivity index (χ1v) is 13.1. The van der Waals surface area contributed by atoms with Gasteiger partial charge in [-0.05, 0) is 57.6 Å². The number of aliphatic hydroxyl groups is 1. The molecule has 0 unspecified atom stereocenters. The molecule has 0 amide bonds. The molecule has 2 rings (SSSR count). The van der Waals surface area contributed by atoms with E-state index in [9.17, 15) is 14.7 Å². The number of hydrogen-bond acceptors (Lipinski definition) is 6. The molecule has 0 radical (unpaired) electrons. The summed E-state index contributed by atoms with van der Waals surface area (Å²) >= 11 is 1.59. The Labute approximate surface area is 203 Å². The zero-order chi connectivity index (χ0) is 24.6. The van der Waals surface area contributed by atoms with Crippen LogP contribution in [0.1, 0.15) is 89.8 Å². The number of aromatic nitrogens is 1. The molecular formula is C27H41NO4S. The van der Waals surface area contributed by atoms with Crippen LogP contribution >= 0.6 is 11.3 Å². The highest BCUT2D eigenvalue weighted by Gasteiger charge is 2.41. The van der Waals surface area contributed by atoms with Crippen LogP contribution in [0.25, 0.3) is 6.08 Å². The van der Waals surface area contributed by atoms with Crippen LogP contribution in [0.5, 0.6) is 0 Å². The minimum absolute atomic E-state index is 0.0664. The SMILES string of the molecule is C=C[C@]1(C)C(=O)[C@H](C)C[C@@H](C)CCCCCC[C@@H](/C(C)=C/c2csc(C)n2)OC(=O)C[C@@H]1O. The normalized spacial score (nSPS) is 31.8. The minimum atomic E-state index is -1.19. The molecule has 5 nitrogen and oxygen atoms in total. The van der Waals surface area contributed by atoms with E-state index in [2.05, 4.69) is 18.5 Å². The van der Waals surface area contributed by atoms with E-state index in [1.165, 1.54) is 6.08 Å². The number of rotatable bonds is 3. The molecule has 184 valence electrons. The van der Waals surface area contributed by atoms with Crippen molar-refractivity contribution >= 4 is 29.2 Å². The fourth-order valence-corrected chi connectivity index (χ4v) is 5.24. The summed E-state index contributed by atoms with van der Waals surface area (Å²) in [5, 5.41) is 13.9. The van der Waals surface area contributed by atoms with E-state index in [4.69, 9.17) is 4.74 Å². The molecule has 1 fully saturated rings. The average Bonchev–Trinajstić information content (AvgIpc) is 3.17. The van der Waals surface area contributed by atoms with Crippen LogP contribution in [0.2, 0.25) is 0 Å². The van der Waals surface area contributed by atoms with Gasteiger partial charge in [0.2, 0.25) is 0 Å². The van der Waals surface area contributed by atoms with E-state index in [0.29, 0.717) is 5.92 Å². The Kier molecular flexibility index (Phi) is 10.5. The van der Waals surface area contributed by atoms with E-state index in [-0.39, 0.29) is 24.2 Å². The number of ketones is 1. The molecule has 0 saturated carbocycles. The number of ether oxygens (including phenoxy) is 1. The molecule has 1 saturated heterocycles. The third kappa shape index (κ3) is 7.89. The van der Waals surface area contributed by atoms with Crippen LogP contribution in [-0.2, 0) is 14.3 Å². The number of thiazole rings is 1. The predicted molar refractivity (Wildman–Crippen MR) is 135 cm³/mol. The number of esters is 1. The van der Waals surface area contributed by atoms with Crippen molar-refractivity contribution in [2.75, 3.05) is 0 Å². The van der Waals surface area contributed by atoms with E-state index < -0.39 is 17.5 Å². The molecule has 0 aliphatic carbocycles. The Morgan fingerprint density at radius 3 is 2.52 bits per heavy atom. The number of carbonyl (C=O) groups excluding carboxylic acids is 2. The second-order valence-electron chi connectivity index (χ2n) is 9.96. The molecule has 1 aromatic heterocycles. The fourth-order valence-electron chi connectivity index (χ4n) is 4.67. The van der Waals surface area contributed by atoms with Crippen LogP contribution in [0.3, 0.4) is 0 Å². The lowest BCUT2D eigenvalue weighted by Crippen LogP contribution is -2.43. The van der Waals surface area contributed by atoms with Crippen LogP contribution in [-0.4, -0.2) is 34.1 Å². The lowest BCUT2D eigenvalue weighted by molar-refractivity contribution is -0.152. The number of aliphatic hydroxyl groups excluding tert-OH is 1. The van der Waals surface area contributed by atoms with E-state index in [1.54, 1.807) is 18.3 Å². The Hall–Kier alpha value is -1.79. The van der Waals surface area contributed by atoms with Crippen LogP contribution in [0, 0.1) is 24.2 Å². The van der Waals surface area contributed by atoms with Gasteiger partial charge < -0.3 is 9.84 Å². The molecule has 1 aliphatic heterocycles. The molecule has 5 atom stereocenters. The van der Waals surface area contributed by atoms with E-state index in [1.807, 2.05) is 32.2 Å². The summed E-state index contributed by atoms with van der Waals surface area (Å²) in [6.07, 6.45) is 8.58. The fraction of sp³-hybridized carbons (Fsp3) is 0.667. The van der Waals surface area contributed by atoms with Gasteiger partial charge in [-0.2, -0.15) is 0 Å². The van der Waals surface area contributed by atoms with Gasteiger partial charge in [0, 0.05) is 11.3 Å². The maximum absolute atomic E-state index is 13.2. The number of cyclic esters (lactones) is 1. The van der Waals surface area contributed by atoms with Gasteiger partial charge in [0.15, 0.2) is 0 Å². The highest BCUT2D eigenvalue weighted by molar-refractivity contribution is 7.09. The number of carbonyl (C=O) groups is 2. The van der Waals surface area contributed by atoms with Crippen molar-refractivity contribution in [1.29, 1.82) is 0 Å². The van der Waals surface area contributed by atoms with Gasteiger partial charge in [-0.1, -0.05) is 45.6 Å². The van der Waals surface area contributed by atoms with Crippen molar-refractivity contribution in [2.45, 2.75) is 98.2 Å². The molecule has 1 aromatic rings. The monoisotopic (exact) mass is 475 g/mol. The number of hydrogen-bond donors (Lipinski definition) is 1. The van der Waals surface area contributed by atoms with Gasteiger partial charge in [0.05, 0.1) is 28.6 Å². The highest BCUT2D eigenvalue weighted by Crippen LogP contribution is 2.33. The van der Waals surface area contributed by atoms with Crippen LogP contribution in [0.15, 0.2) is 23.6 Å². The van der Waals surface area contributed by atoms with Crippen molar-refractivity contribution in [1.82, 2.24) is 4.98 Å². The van der Waals surface area contributed by atoms with E-state index >= 15 is 0 Å². The number of nitrogens with zero attached hydrogens (tertiary/aromatic N) is 1.